The van der Waals surface area contributed by atoms with Crippen LogP contribution in [0.15, 0.2) is 24.3 Å². The molecule has 20 heavy (non-hydrogen) atoms. The predicted molar refractivity (Wildman–Crippen MR) is 81.3 cm³/mol. The van der Waals surface area contributed by atoms with Gasteiger partial charge >= 0.3 is 0 Å². The van der Waals surface area contributed by atoms with Gasteiger partial charge < -0.3 is 16.0 Å². The van der Waals surface area contributed by atoms with Gasteiger partial charge in [-0.25, -0.2) is 0 Å². The quantitative estimate of drug-likeness (QED) is 0.743. The van der Waals surface area contributed by atoms with Crippen molar-refractivity contribution in [3.8, 4) is 0 Å². The molecular formula is C14H20ClN3O2. The third-order valence-electron chi connectivity index (χ3n) is 3.05. The first kappa shape index (κ1) is 16.5. The second kappa shape index (κ2) is 7.87. The van der Waals surface area contributed by atoms with Crippen molar-refractivity contribution in [2.45, 2.75) is 12.8 Å². The van der Waals surface area contributed by atoms with E-state index in [0.717, 1.165) is 12.5 Å². The Morgan fingerprint density at radius 2 is 2.05 bits per heavy atom. The highest BCUT2D eigenvalue weighted by atomic mass is 35.5. The number of carbonyl (C=O) groups excluding carboxylic acids is 2. The van der Waals surface area contributed by atoms with E-state index in [0.29, 0.717) is 17.8 Å². The zero-order chi connectivity index (χ0) is 13.7. The van der Waals surface area contributed by atoms with E-state index < -0.39 is 0 Å². The molecule has 1 fully saturated rings. The zero-order valence-corrected chi connectivity index (χ0v) is 12.3. The van der Waals surface area contributed by atoms with Crippen LogP contribution in [0.4, 0.5) is 5.69 Å². The number of hydrogen-bond donors (Lipinski definition) is 3. The van der Waals surface area contributed by atoms with Gasteiger partial charge in [-0.3, -0.25) is 9.59 Å². The molecule has 1 aromatic carbocycles. The van der Waals surface area contributed by atoms with Crippen LogP contribution in [0.3, 0.4) is 0 Å². The summed E-state index contributed by atoms with van der Waals surface area (Å²) in [5.74, 6) is 0.502. The van der Waals surface area contributed by atoms with Crippen molar-refractivity contribution in [3.63, 3.8) is 0 Å². The molecule has 0 unspecified atom stereocenters. The van der Waals surface area contributed by atoms with Crippen LogP contribution in [0.1, 0.15) is 23.2 Å². The molecule has 2 rings (SSSR count). The molecule has 2 amide bonds. The minimum absolute atomic E-state index is 0. The molecule has 0 bridgehead atoms. The summed E-state index contributed by atoms with van der Waals surface area (Å²) in [5, 5.41) is 8.45. The molecule has 0 heterocycles. The number of amides is 2. The number of halogens is 1. The average molecular weight is 298 g/mol. The van der Waals surface area contributed by atoms with Crippen LogP contribution in [0.2, 0.25) is 0 Å². The Hall–Kier alpha value is -1.59. The van der Waals surface area contributed by atoms with Crippen molar-refractivity contribution in [2.75, 3.05) is 25.5 Å². The SMILES string of the molecule is CNC(=O)c1cccc(NC(=O)CNCC2CC2)c1.Cl. The van der Waals surface area contributed by atoms with Gasteiger partial charge in [-0.05, 0) is 43.5 Å². The molecule has 3 N–H and O–H groups in total. The van der Waals surface area contributed by atoms with Crippen LogP contribution >= 0.6 is 12.4 Å². The Balaban J connectivity index is 0.00000200. The summed E-state index contributed by atoms with van der Waals surface area (Å²) in [4.78, 5) is 23.2. The number of rotatable bonds is 6. The van der Waals surface area contributed by atoms with E-state index in [4.69, 9.17) is 0 Å². The van der Waals surface area contributed by atoms with Crippen molar-refractivity contribution < 1.29 is 9.59 Å². The fourth-order valence-corrected chi connectivity index (χ4v) is 1.80. The van der Waals surface area contributed by atoms with E-state index >= 15 is 0 Å². The van der Waals surface area contributed by atoms with Crippen LogP contribution in [0.5, 0.6) is 0 Å². The molecule has 0 atom stereocenters. The highest BCUT2D eigenvalue weighted by Gasteiger charge is 2.20. The van der Waals surface area contributed by atoms with Gasteiger partial charge in [0.25, 0.3) is 5.91 Å². The van der Waals surface area contributed by atoms with Gasteiger partial charge in [0, 0.05) is 18.3 Å². The lowest BCUT2D eigenvalue weighted by atomic mass is 10.2. The van der Waals surface area contributed by atoms with Crippen LogP contribution < -0.4 is 16.0 Å². The monoisotopic (exact) mass is 297 g/mol. The summed E-state index contributed by atoms with van der Waals surface area (Å²) < 4.78 is 0. The molecule has 1 aromatic rings. The maximum atomic E-state index is 11.7. The molecule has 0 spiro atoms. The molecule has 0 saturated heterocycles. The van der Waals surface area contributed by atoms with Crippen molar-refractivity contribution in [3.05, 3.63) is 29.8 Å². The van der Waals surface area contributed by atoms with E-state index in [2.05, 4.69) is 16.0 Å². The van der Waals surface area contributed by atoms with Crippen molar-refractivity contribution >= 4 is 29.9 Å². The first-order valence-corrected chi connectivity index (χ1v) is 6.52. The Morgan fingerprint density at radius 3 is 2.70 bits per heavy atom. The van der Waals surface area contributed by atoms with E-state index in [9.17, 15) is 9.59 Å². The van der Waals surface area contributed by atoms with Gasteiger partial charge in [0.05, 0.1) is 6.54 Å². The molecule has 0 aliphatic heterocycles. The zero-order valence-electron chi connectivity index (χ0n) is 11.4. The fraction of sp³-hybridized carbons (Fsp3) is 0.429. The minimum atomic E-state index is -0.164. The minimum Gasteiger partial charge on any atom is -0.355 e. The lowest BCUT2D eigenvalue weighted by molar-refractivity contribution is -0.115. The highest BCUT2D eigenvalue weighted by Crippen LogP contribution is 2.27. The van der Waals surface area contributed by atoms with Crippen LogP contribution in [0, 0.1) is 5.92 Å². The topological polar surface area (TPSA) is 70.2 Å². The highest BCUT2D eigenvalue weighted by molar-refractivity contribution is 5.97. The number of benzene rings is 1. The molecule has 6 heteroatoms. The Bertz CT molecular complexity index is 475. The second-order valence-electron chi connectivity index (χ2n) is 4.78. The fourth-order valence-electron chi connectivity index (χ4n) is 1.80. The van der Waals surface area contributed by atoms with Gasteiger partial charge in [0.1, 0.15) is 0 Å². The van der Waals surface area contributed by atoms with Gasteiger partial charge in [-0.1, -0.05) is 6.07 Å². The molecule has 1 aliphatic carbocycles. The Morgan fingerprint density at radius 1 is 1.30 bits per heavy atom. The summed E-state index contributed by atoms with van der Waals surface area (Å²) in [6.45, 7) is 1.21. The lowest BCUT2D eigenvalue weighted by Gasteiger charge is -2.07. The standard InChI is InChI=1S/C14H19N3O2.ClH/c1-15-14(19)11-3-2-4-12(7-11)17-13(18)9-16-8-10-5-6-10;/h2-4,7,10,16H,5-6,8-9H2,1H3,(H,15,19)(H,17,18);1H. The predicted octanol–water partition coefficient (Wildman–Crippen LogP) is 1.41. The normalized spacial score (nSPS) is 13.2. The van der Waals surface area contributed by atoms with Crippen LogP contribution in [-0.2, 0) is 4.79 Å². The van der Waals surface area contributed by atoms with E-state index in [1.54, 1.807) is 31.3 Å². The second-order valence-corrected chi connectivity index (χ2v) is 4.78. The van der Waals surface area contributed by atoms with Crippen molar-refractivity contribution in [2.24, 2.45) is 5.92 Å². The van der Waals surface area contributed by atoms with Crippen LogP contribution in [0.25, 0.3) is 0 Å². The van der Waals surface area contributed by atoms with E-state index in [1.165, 1.54) is 12.8 Å². The van der Waals surface area contributed by atoms with E-state index in [-0.39, 0.29) is 24.2 Å². The first-order valence-electron chi connectivity index (χ1n) is 6.52. The van der Waals surface area contributed by atoms with Crippen molar-refractivity contribution in [1.29, 1.82) is 0 Å². The average Bonchev–Trinajstić information content (AvgIpc) is 3.22. The maximum Gasteiger partial charge on any atom is 0.251 e. The molecule has 1 saturated carbocycles. The number of nitrogens with one attached hydrogen (secondary N) is 3. The Kier molecular flexibility index (Phi) is 6.48. The number of hydrogen-bond acceptors (Lipinski definition) is 3. The number of carbonyl (C=O) groups is 2. The molecule has 0 radical (unpaired) electrons. The smallest absolute Gasteiger partial charge is 0.251 e. The first-order chi connectivity index (χ1) is 9.19. The Labute approximate surface area is 124 Å². The summed E-state index contributed by atoms with van der Waals surface area (Å²) in [6, 6.07) is 6.89. The molecule has 1 aliphatic rings. The lowest BCUT2D eigenvalue weighted by Crippen LogP contribution is -2.29. The molecule has 5 nitrogen and oxygen atoms in total. The van der Waals surface area contributed by atoms with Gasteiger partial charge in [0.2, 0.25) is 5.91 Å². The number of anilines is 1. The molecular weight excluding hydrogens is 278 g/mol. The van der Waals surface area contributed by atoms with Gasteiger partial charge in [-0.15, -0.1) is 12.4 Å². The van der Waals surface area contributed by atoms with Crippen molar-refractivity contribution in [1.82, 2.24) is 10.6 Å². The van der Waals surface area contributed by atoms with Gasteiger partial charge in [-0.2, -0.15) is 0 Å². The molecule has 110 valence electrons. The third kappa shape index (κ3) is 5.19. The largest absolute Gasteiger partial charge is 0.355 e. The maximum absolute atomic E-state index is 11.7. The summed E-state index contributed by atoms with van der Waals surface area (Å²) >= 11 is 0. The van der Waals surface area contributed by atoms with E-state index in [1.807, 2.05) is 0 Å². The summed E-state index contributed by atoms with van der Waals surface area (Å²) in [7, 11) is 1.58. The summed E-state index contributed by atoms with van der Waals surface area (Å²) in [6.07, 6.45) is 2.53. The third-order valence-corrected chi connectivity index (χ3v) is 3.05. The van der Waals surface area contributed by atoms with Gasteiger partial charge in [0.15, 0.2) is 0 Å². The summed E-state index contributed by atoms with van der Waals surface area (Å²) in [5.41, 5.74) is 1.17. The van der Waals surface area contributed by atoms with Crippen LogP contribution in [-0.4, -0.2) is 32.0 Å². The molecule has 0 aromatic heterocycles.